The van der Waals surface area contributed by atoms with Gasteiger partial charge in [-0.1, -0.05) is 18.1 Å². The van der Waals surface area contributed by atoms with Crippen LogP contribution in [0, 0.1) is 12.3 Å². The molecule has 0 saturated carbocycles. The lowest BCUT2D eigenvalue weighted by molar-refractivity contribution is 0.251. The van der Waals surface area contributed by atoms with Crippen LogP contribution in [-0.4, -0.2) is 24.4 Å². The van der Waals surface area contributed by atoms with Gasteiger partial charge in [0, 0.05) is 12.6 Å². The van der Waals surface area contributed by atoms with Gasteiger partial charge in [-0.25, -0.2) is 0 Å². The largest absolute Gasteiger partial charge is 0.481 e. The van der Waals surface area contributed by atoms with Gasteiger partial charge < -0.3 is 15.2 Å². The first kappa shape index (κ1) is 12.6. The molecule has 0 saturated heterocycles. The van der Waals surface area contributed by atoms with Crippen LogP contribution in [0.25, 0.3) is 0 Å². The molecule has 0 amide bonds. The number of ether oxygens (including phenoxy) is 1. The SMILES string of the molecule is C#CCOc1ccc(CN[C@@H](C)CO)cc1. The summed E-state index contributed by atoms with van der Waals surface area (Å²) in [5, 5.41) is 12.0. The van der Waals surface area contributed by atoms with Crippen molar-refractivity contribution in [1.29, 1.82) is 0 Å². The van der Waals surface area contributed by atoms with Crippen molar-refractivity contribution in [1.82, 2.24) is 5.32 Å². The van der Waals surface area contributed by atoms with E-state index in [4.69, 9.17) is 16.3 Å². The minimum atomic E-state index is 0.109. The molecule has 0 radical (unpaired) electrons. The molecular formula is C13H17NO2. The maximum atomic E-state index is 8.85. The average molecular weight is 219 g/mol. The molecule has 1 rings (SSSR count). The molecular weight excluding hydrogens is 202 g/mol. The van der Waals surface area contributed by atoms with Gasteiger partial charge >= 0.3 is 0 Å². The minimum Gasteiger partial charge on any atom is -0.481 e. The van der Waals surface area contributed by atoms with Crippen molar-refractivity contribution in [3.8, 4) is 18.1 Å². The molecule has 0 unspecified atom stereocenters. The van der Waals surface area contributed by atoms with Crippen LogP contribution in [0.15, 0.2) is 24.3 Å². The van der Waals surface area contributed by atoms with Crippen LogP contribution in [0.4, 0.5) is 0 Å². The van der Waals surface area contributed by atoms with Crippen LogP contribution in [0.5, 0.6) is 5.75 Å². The fraction of sp³-hybridized carbons (Fsp3) is 0.385. The molecule has 0 bridgehead atoms. The molecule has 3 nitrogen and oxygen atoms in total. The monoisotopic (exact) mass is 219 g/mol. The van der Waals surface area contributed by atoms with Crippen LogP contribution < -0.4 is 10.1 Å². The van der Waals surface area contributed by atoms with Crippen LogP contribution in [-0.2, 0) is 6.54 Å². The van der Waals surface area contributed by atoms with Crippen LogP contribution in [0.2, 0.25) is 0 Å². The van der Waals surface area contributed by atoms with Crippen molar-refractivity contribution < 1.29 is 9.84 Å². The Kier molecular flexibility index (Phi) is 5.41. The summed E-state index contributed by atoms with van der Waals surface area (Å²) in [5.74, 6) is 3.19. The molecule has 0 aliphatic rings. The van der Waals surface area contributed by atoms with Gasteiger partial charge in [0.25, 0.3) is 0 Å². The van der Waals surface area contributed by atoms with E-state index in [9.17, 15) is 0 Å². The number of terminal acetylenes is 1. The zero-order valence-electron chi connectivity index (χ0n) is 9.44. The maximum absolute atomic E-state index is 8.85. The number of aliphatic hydroxyl groups is 1. The molecule has 1 atom stereocenters. The number of hydrogen-bond donors (Lipinski definition) is 2. The smallest absolute Gasteiger partial charge is 0.148 e. The third-order valence-electron chi connectivity index (χ3n) is 2.17. The topological polar surface area (TPSA) is 41.5 Å². The lowest BCUT2D eigenvalue weighted by Crippen LogP contribution is -2.28. The van der Waals surface area contributed by atoms with Gasteiger partial charge in [-0.05, 0) is 24.6 Å². The standard InChI is InChI=1S/C13H17NO2/c1-3-8-16-13-6-4-12(5-7-13)9-14-11(2)10-15/h1,4-7,11,14-15H,8-10H2,2H3/t11-/m0/s1. The third-order valence-corrected chi connectivity index (χ3v) is 2.17. The van der Waals surface area contributed by atoms with E-state index in [1.54, 1.807) is 0 Å². The van der Waals surface area contributed by atoms with E-state index in [2.05, 4.69) is 11.2 Å². The second kappa shape index (κ2) is 6.89. The summed E-state index contributed by atoms with van der Waals surface area (Å²) in [6.07, 6.45) is 5.09. The molecule has 1 aromatic rings. The summed E-state index contributed by atoms with van der Waals surface area (Å²) in [6, 6.07) is 7.83. The summed E-state index contributed by atoms with van der Waals surface area (Å²) in [5.41, 5.74) is 1.15. The van der Waals surface area contributed by atoms with E-state index in [0.717, 1.165) is 17.9 Å². The zero-order valence-corrected chi connectivity index (χ0v) is 9.44. The van der Waals surface area contributed by atoms with Gasteiger partial charge in [0.05, 0.1) is 6.61 Å². The fourth-order valence-electron chi connectivity index (χ4n) is 1.19. The van der Waals surface area contributed by atoms with E-state index in [1.807, 2.05) is 31.2 Å². The molecule has 0 aliphatic carbocycles. The molecule has 0 fully saturated rings. The van der Waals surface area contributed by atoms with Crippen LogP contribution >= 0.6 is 0 Å². The third kappa shape index (κ3) is 4.35. The van der Waals surface area contributed by atoms with Crippen molar-refractivity contribution in [2.45, 2.75) is 19.5 Å². The van der Waals surface area contributed by atoms with Crippen molar-refractivity contribution in [2.75, 3.05) is 13.2 Å². The quantitative estimate of drug-likeness (QED) is 0.706. The number of rotatable bonds is 6. The minimum absolute atomic E-state index is 0.109. The van der Waals surface area contributed by atoms with E-state index >= 15 is 0 Å². The predicted octanol–water partition coefficient (Wildman–Crippen LogP) is 1.17. The highest BCUT2D eigenvalue weighted by atomic mass is 16.5. The molecule has 0 aliphatic heterocycles. The highest BCUT2D eigenvalue weighted by Crippen LogP contribution is 2.11. The molecule has 86 valence electrons. The van der Waals surface area contributed by atoms with Gasteiger partial charge in [0.2, 0.25) is 0 Å². The Morgan fingerprint density at radius 3 is 2.69 bits per heavy atom. The lowest BCUT2D eigenvalue weighted by atomic mass is 10.2. The van der Waals surface area contributed by atoms with Crippen molar-refractivity contribution >= 4 is 0 Å². The Labute approximate surface area is 96.4 Å². The molecule has 1 aromatic carbocycles. The van der Waals surface area contributed by atoms with Gasteiger partial charge in [0.1, 0.15) is 12.4 Å². The molecule has 0 spiro atoms. The van der Waals surface area contributed by atoms with E-state index < -0.39 is 0 Å². The second-order valence-corrected chi connectivity index (χ2v) is 3.60. The van der Waals surface area contributed by atoms with Crippen molar-refractivity contribution in [3.63, 3.8) is 0 Å². The van der Waals surface area contributed by atoms with Crippen molar-refractivity contribution in [3.05, 3.63) is 29.8 Å². The Balaban J connectivity index is 2.42. The number of benzene rings is 1. The zero-order chi connectivity index (χ0) is 11.8. The Bertz CT molecular complexity index is 340. The van der Waals surface area contributed by atoms with E-state index in [0.29, 0.717) is 6.61 Å². The van der Waals surface area contributed by atoms with Crippen LogP contribution in [0.1, 0.15) is 12.5 Å². The highest BCUT2D eigenvalue weighted by Gasteiger charge is 1.99. The van der Waals surface area contributed by atoms with E-state index in [-0.39, 0.29) is 12.6 Å². The van der Waals surface area contributed by atoms with Gasteiger partial charge in [-0.2, -0.15) is 0 Å². The molecule has 3 heteroatoms. The summed E-state index contributed by atoms with van der Waals surface area (Å²) >= 11 is 0. The van der Waals surface area contributed by atoms with Crippen LogP contribution in [0.3, 0.4) is 0 Å². The summed E-state index contributed by atoms with van der Waals surface area (Å²) in [4.78, 5) is 0. The molecule has 2 N–H and O–H groups in total. The second-order valence-electron chi connectivity index (χ2n) is 3.60. The first-order chi connectivity index (χ1) is 7.76. The number of aliphatic hydroxyl groups excluding tert-OH is 1. The predicted molar refractivity (Wildman–Crippen MR) is 64.2 cm³/mol. The summed E-state index contributed by atoms with van der Waals surface area (Å²) in [7, 11) is 0. The highest BCUT2D eigenvalue weighted by molar-refractivity contribution is 5.27. The number of nitrogens with one attached hydrogen (secondary N) is 1. The Morgan fingerprint density at radius 2 is 2.12 bits per heavy atom. The van der Waals surface area contributed by atoms with Gasteiger partial charge in [-0.3, -0.25) is 0 Å². The molecule has 0 heterocycles. The Hall–Kier alpha value is -1.50. The first-order valence-electron chi connectivity index (χ1n) is 5.25. The summed E-state index contributed by atoms with van der Waals surface area (Å²) < 4.78 is 5.26. The lowest BCUT2D eigenvalue weighted by Gasteiger charge is -2.10. The first-order valence-corrected chi connectivity index (χ1v) is 5.25. The van der Waals surface area contributed by atoms with Gasteiger partial charge in [0.15, 0.2) is 0 Å². The average Bonchev–Trinajstić information content (AvgIpc) is 2.34. The Morgan fingerprint density at radius 1 is 1.44 bits per heavy atom. The number of hydrogen-bond acceptors (Lipinski definition) is 3. The summed E-state index contributed by atoms with van der Waals surface area (Å²) in [6.45, 7) is 3.10. The normalized spacial score (nSPS) is 11.8. The van der Waals surface area contributed by atoms with Gasteiger partial charge in [-0.15, -0.1) is 6.42 Å². The maximum Gasteiger partial charge on any atom is 0.148 e. The fourth-order valence-corrected chi connectivity index (χ4v) is 1.19. The van der Waals surface area contributed by atoms with E-state index in [1.165, 1.54) is 0 Å². The van der Waals surface area contributed by atoms with Crippen molar-refractivity contribution in [2.24, 2.45) is 0 Å². The molecule has 0 aromatic heterocycles. The molecule has 16 heavy (non-hydrogen) atoms.